The van der Waals surface area contributed by atoms with E-state index in [9.17, 15) is 0 Å². The van der Waals surface area contributed by atoms with E-state index in [1.807, 2.05) is 0 Å². The van der Waals surface area contributed by atoms with E-state index in [1.165, 1.54) is 24.8 Å². The molecule has 0 aromatic heterocycles. The van der Waals surface area contributed by atoms with Gasteiger partial charge in [-0.05, 0) is 23.0 Å². The van der Waals surface area contributed by atoms with Crippen molar-refractivity contribution in [3.63, 3.8) is 0 Å². The second kappa shape index (κ2) is 9.51. The monoisotopic (exact) mass is 504 g/mol. The molecule has 2 radical (unpaired) electrons. The van der Waals surface area contributed by atoms with Gasteiger partial charge in [0.2, 0.25) is 0 Å². The molecule has 4 aliphatic carbocycles. The molecule has 4 aliphatic rings. The van der Waals surface area contributed by atoms with Crippen LogP contribution in [0, 0.1) is 29.6 Å². The predicted molar refractivity (Wildman–Crippen MR) is 109 cm³/mol. The van der Waals surface area contributed by atoms with E-state index >= 15 is 0 Å². The van der Waals surface area contributed by atoms with Crippen molar-refractivity contribution in [1.82, 2.24) is 0 Å². The van der Waals surface area contributed by atoms with Gasteiger partial charge in [0, 0.05) is 8.80 Å². The molecule has 0 heterocycles. The number of hydrogen-bond donors (Lipinski definition) is 0. The van der Waals surface area contributed by atoms with E-state index in [0.717, 1.165) is 17.4 Å². The minimum absolute atomic E-state index is 0. The molecule has 0 saturated heterocycles. The first-order valence-electron chi connectivity index (χ1n) is 10.00. The quantitative estimate of drug-likeness (QED) is 0.400. The molecule has 0 nitrogen and oxygen atoms in total. The van der Waals surface area contributed by atoms with Crippen LogP contribution in [0.4, 0.5) is 0 Å². The molecule has 0 aliphatic heterocycles. The molecule has 6 unspecified atom stereocenters. The Kier molecular flexibility index (Phi) is 8.28. The zero-order valence-corrected chi connectivity index (χ0v) is 21.6. The van der Waals surface area contributed by atoms with Crippen LogP contribution in [0.15, 0.2) is 54.6 Å². The SMILES string of the molecule is C[Si](C)C1CCCC2C3C=CC=CC3[CH-]C21C1C=Cc2ccccc21.[Cl-].[Cl-].[Zr+3]. The van der Waals surface area contributed by atoms with Gasteiger partial charge in [0.25, 0.3) is 0 Å². The molecule has 1 aromatic carbocycles. The smallest absolute Gasteiger partial charge is 1.00 e. The van der Waals surface area contributed by atoms with E-state index in [1.54, 1.807) is 5.56 Å². The van der Waals surface area contributed by atoms with Gasteiger partial charge in [-0.2, -0.15) is 0 Å². The fraction of sp³-hybridized carbons (Fsp3) is 0.458. The second-order valence-corrected chi connectivity index (χ2v) is 11.6. The minimum atomic E-state index is -0.339. The van der Waals surface area contributed by atoms with Crippen LogP contribution in [0.1, 0.15) is 36.3 Å². The van der Waals surface area contributed by atoms with Crippen molar-refractivity contribution in [3.05, 3.63) is 72.2 Å². The van der Waals surface area contributed by atoms with Gasteiger partial charge < -0.3 is 31.2 Å². The van der Waals surface area contributed by atoms with Crippen molar-refractivity contribution in [1.29, 1.82) is 0 Å². The molecule has 2 fully saturated rings. The molecule has 146 valence electrons. The van der Waals surface area contributed by atoms with Gasteiger partial charge in [0.15, 0.2) is 0 Å². The van der Waals surface area contributed by atoms with Crippen molar-refractivity contribution in [2.45, 2.75) is 43.8 Å². The van der Waals surface area contributed by atoms with Crippen molar-refractivity contribution in [2.75, 3.05) is 0 Å². The Balaban J connectivity index is 0.000000934. The summed E-state index contributed by atoms with van der Waals surface area (Å²) >= 11 is 0. The normalized spacial score (nSPS) is 36.6. The fourth-order valence-corrected chi connectivity index (χ4v) is 8.91. The van der Waals surface area contributed by atoms with Gasteiger partial charge >= 0.3 is 26.2 Å². The number of halogens is 2. The largest absolute Gasteiger partial charge is 3.00 e. The first-order valence-corrected chi connectivity index (χ1v) is 12.6. The first-order chi connectivity index (χ1) is 12.2. The summed E-state index contributed by atoms with van der Waals surface area (Å²) in [7, 11) is -0.339. The first kappa shape index (κ1) is 24.4. The van der Waals surface area contributed by atoms with Gasteiger partial charge in [-0.1, -0.05) is 98.5 Å². The summed E-state index contributed by atoms with van der Waals surface area (Å²) in [6.45, 7) is 5.12. The zero-order chi connectivity index (χ0) is 17.0. The van der Waals surface area contributed by atoms with Gasteiger partial charge in [-0.3, -0.25) is 0 Å². The summed E-state index contributed by atoms with van der Waals surface area (Å²) in [6, 6.07) is 9.14. The second-order valence-electron chi connectivity index (χ2n) is 8.72. The van der Waals surface area contributed by atoms with Crippen LogP contribution in [0.2, 0.25) is 18.6 Å². The fourth-order valence-electron chi connectivity index (χ4n) is 6.63. The average Bonchev–Trinajstić information content (AvgIpc) is 3.20. The molecular formula is C24H28Cl2SiZr. The number of allylic oxidation sites excluding steroid dienone is 5. The molecule has 0 amide bonds. The van der Waals surface area contributed by atoms with Crippen molar-refractivity contribution < 1.29 is 51.0 Å². The number of rotatable bonds is 2. The Morgan fingerprint density at radius 1 is 1.00 bits per heavy atom. The summed E-state index contributed by atoms with van der Waals surface area (Å²) in [6.07, 6.45) is 21.7. The van der Waals surface area contributed by atoms with Gasteiger partial charge in [0.05, 0.1) is 0 Å². The molecule has 0 spiro atoms. The van der Waals surface area contributed by atoms with Crippen molar-refractivity contribution in [2.24, 2.45) is 23.2 Å². The van der Waals surface area contributed by atoms with E-state index in [0.29, 0.717) is 17.3 Å². The van der Waals surface area contributed by atoms with E-state index in [2.05, 4.69) is 80.2 Å². The topological polar surface area (TPSA) is 0 Å². The zero-order valence-electron chi connectivity index (χ0n) is 16.6. The molecule has 28 heavy (non-hydrogen) atoms. The number of fused-ring (bicyclic) bond motifs is 4. The maximum atomic E-state index is 2.83. The maximum absolute atomic E-state index is 2.83. The Morgan fingerprint density at radius 2 is 1.75 bits per heavy atom. The molecule has 0 bridgehead atoms. The standard InChI is InChI=1S/C24H28Si.2ClH.Zr/c1-25(2)23-13-7-12-21-20-11-6-4-9-18(20)16-24(21,23)22-15-14-17-8-3-5-10-19(17)22;;;/h3-6,8-11,14-16,18,20-23H,7,12-13H2,1-2H3;2*1H;/q-1;;;+3/p-2. The third kappa shape index (κ3) is 3.55. The van der Waals surface area contributed by atoms with Crippen LogP contribution in [-0.4, -0.2) is 8.80 Å². The van der Waals surface area contributed by atoms with Crippen LogP contribution in [0.25, 0.3) is 6.08 Å². The molecule has 4 heteroatoms. The summed E-state index contributed by atoms with van der Waals surface area (Å²) in [5.41, 5.74) is 4.31. The summed E-state index contributed by atoms with van der Waals surface area (Å²) in [5, 5.41) is 0. The van der Waals surface area contributed by atoms with Crippen LogP contribution in [0.5, 0.6) is 0 Å². The molecule has 2 saturated carbocycles. The van der Waals surface area contributed by atoms with Crippen LogP contribution in [0.3, 0.4) is 0 Å². The summed E-state index contributed by atoms with van der Waals surface area (Å²) < 4.78 is 0. The van der Waals surface area contributed by atoms with E-state index < -0.39 is 0 Å². The Morgan fingerprint density at radius 3 is 2.54 bits per heavy atom. The van der Waals surface area contributed by atoms with E-state index in [4.69, 9.17) is 0 Å². The van der Waals surface area contributed by atoms with Gasteiger partial charge in [-0.15, -0.1) is 17.4 Å². The average molecular weight is 507 g/mol. The van der Waals surface area contributed by atoms with Gasteiger partial charge in [0.1, 0.15) is 0 Å². The maximum Gasteiger partial charge on any atom is 3.00 e. The molecule has 5 rings (SSSR count). The Hall–Kier alpha value is 0.120. The van der Waals surface area contributed by atoms with Crippen LogP contribution in [-0.2, 0) is 26.2 Å². The molecular weight excluding hydrogens is 478 g/mol. The Labute approximate surface area is 203 Å². The predicted octanol–water partition coefficient (Wildman–Crippen LogP) is 0.290. The molecule has 1 aromatic rings. The van der Waals surface area contributed by atoms with Crippen LogP contribution >= 0.6 is 0 Å². The van der Waals surface area contributed by atoms with Crippen LogP contribution < -0.4 is 24.8 Å². The summed E-state index contributed by atoms with van der Waals surface area (Å²) in [5.74, 6) is 2.79. The third-order valence-electron chi connectivity index (χ3n) is 7.46. The summed E-state index contributed by atoms with van der Waals surface area (Å²) in [4.78, 5) is 0. The number of hydrogen-bond acceptors (Lipinski definition) is 0. The minimum Gasteiger partial charge on any atom is -1.00 e. The Bertz CT molecular complexity index is 772. The third-order valence-corrected chi connectivity index (χ3v) is 9.64. The van der Waals surface area contributed by atoms with Crippen molar-refractivity contribution >= 4 is 14.9 Å². The van der Waals surface area contributed by atoms with Gasteiger partial charge in [-0.25, -0.2) is 0 Å². The molecule has 0 N–H and O–H groups in total. The van der Waals surface area contributed by atoms with E-state index in [-0.39, 0.29) is 59.8 Å². The molecule has 6 atom stereocenters. The number of benzene rings is 1. The van der Waals surface area contributed by atoms with Crippen molar-refractivity contribution in [3.8, 4) is 0 Å².